The Labute approximate surface area is 91.8 Å². The molecule has 1 amide bonds. The second-order valence-corrected chi connectivity index (χ2v) is 4.00. The molecular weight excluding hydrogens is 192 g/mol. The van der Waals surface area contributed by atoms with Gasteiger partial charge in [0, 0.05) is 19.8 Å². The first kappa shape index (κ1) is 12.5. The van der Waals surface area contributed by atoms with Crippen molar-refractivity contribution in [2.45, 2.75) is 26.2 Å². The lowest BCUT2D eigenvalue weighted by Gasteiger charge is -2.06. The number of amides is 1. The first-order valence-corrected chi connectivity index (χ1v) is 5.88. The van der Waals surface area contributed by atoms with Gasteiger partial charge in [0.2, 0.25) is 5.91 Å². The molecule has 0 atom stereocenters. The number of hydrogen-bond donors (Lipinski definition) is 2. The number of ether oxygens (including phenoxy) is 1. The maximum Gasteiger partial charge on any atom is 0.233 e. The highest BCUT2D eigenvalue weighted by atomic mass is 16.5. The minimum Gasteiger partial charge on any atom is -0.381 e. The third-order valence-corrected chi connectivity index (χ3v) is 2.37. The van der Waals surface area contributed by atoms with Gasteiger partial charge in [0.25, 0.3) is 0 Å². The van der Waals surface area contributed by atoms with Crippen LogP contribution >= 0.6 is 0 Å². The molecule has 1 saturated carbocycles. The van der Waals surface area contributed by atoms with E-state index in [1.807, 2.05) is 6.92 Å². The molecule has 0 spiro atoms. The van der Waals surface area contributed by atoms with E-state index in [-0.39, 0.29) is 5.91 Å². The molecule has 0 aromatic carbocycles. The number of hydrogen-bond acceptors (Lipinski definition) is 3. The molecule has 4 nitrogen and oxygen atoms in total. The second-order valence-electron chi connectivity index (χ2n) is 4.00. The predicted molar refractivity (Wildman–Crippen MR) is 59.7 cm³/mol. The molecule has 0 aliphatic heterocycles. The van der Waals surface area contributed by atoms with E-state index < -0.39 is 0 Å². The fourth-order valence-corrected chi connectivity index (χ4v) is 1.24. The highest BCUT2D eigenvalue weighted by Gasteiger charge is 2.20. The Kier molecular flexibility index (Phi) is 6.36. The second kappa shape index (κ2) is 7.65. The molecule has 15 heavy (non-hydrogen) atoms. The summed E-state index contributed by atoms with van der Waals surface area (Å²) in [7, 11) is 0. The summed E-state index contributed by atoms with van der Waals surface area (Å²) in [6, 6.07) is 0. The first-order valence-electron chi connectivity index (χ1n) is 5.88. The first-order chi connectivity index (χ1) is 7.33. The molecular formula is C11H22N2O2. The zero-order valence-electron chi connectivity index (χ0n) is 9.55. The normalized spacial score (nSPS) is 15.3. The fraction of sp³-hybridized carbons (Fsp3) is 0.909. The van der Waals surface area contributed by atoms with Gasteiger partial charge in [0.15, 0.2) is 0 Å². The lowest BCUT2D eigenvalue weighted by Crippen LogP contribution is -2.34. The summed E-state index contributed by atoms with van der Waals surface area (Å²) in [5.74, 6) is 0.896. The van der Waals surface area contributed by atoms with Crippen molar-refractivity contribution in [2.24, 2.45) is 5.92 Å². The van der Waals surface area contributed by atoms with Crippen molar-refractivity contribution in [1.29, 1.82) is 0 Å². The average molecular weight is 214 g/mol. The van der Waals surface area contributed by atoms with Gasteiger partial charge in [0.1, 0.15) is 0 Å². The van der Waals surface area contributed by atoms with Crippen LogP contribution in [0.1, 0.15) is 26.2 Å². The smallest absolute Gasteiger partial charge is 0.233 e. The molecule has 0 aromatic heterocycles. The Morgan fingerprint density at radius 2 is 2.27 bits per heavy atom. The van der Waals surface area contributed by atoms with E-state index in [4.69, 9.17) is 4.74 Å². The molecule has 1 aliphatic rings. The van der Waals surface area contributed by atoms with Crippen molar-refractivity contribution in [3.05, 3.63) is 0 Å². The van der Waals surface area contributed by atoms with E-state index >= 15 is 0 Å². The van der Waals surface area contributed by atoms with Crippen molar-refractivity contribution in [1.82, 2.24) is 10.6 Å². The molecule has 0 bridgehead atoms. The van der Waals surface area contributed by atoms with Crippen molar-refractivity contribution in [3.63, 3.8) is 0 Å². The van der Waals surface area contributed by atoms with E-state index in [9.17, 15) is 4.79 Å². The summed E-state index contributed by atoms with van der Waals surface area (Å²) in [6.45, 7) is 5.62. The van der Waals surface area contributed by atoms with E-state index in [1.54, 1.807) is 0 Å². The van der Waals surface area contributed by atoms with Crippen LogP contribution in [0.15, 0.2) is 0 Å². The molecule has 2 N–H and O–H groups in total. The maximum absolute atomic E-state index is 11.1. The fourth-order valence-electron chi connectivity index (χ4n) is 1.24. The van der Waals surface area contributed by atoms with Gasteiger partial charge in [-0.15, -0.1) is 0 Å². The Morgan fingerprint density at radius 3 is 2.93 bits per heavy atom. The van der Waals surface area contributed by atoms with Crippen molar-refractivity contribution in [3.8, 4) is 0 Å². The van der Waals surface area contributed by atoms with E-state index in [1.165, 1.54) is 12.8 Å². The van der Waals surface area contributed by atoms with Crippen LogP contribution in [-0.4, -0.2) is 38.8 Å². The molecule has 4 heteroatoms. The van der Waals surface area contributed by atoms with Crippen LogP contribution in [0, 0.1) is 5.92 Å². The molecule has 0 radical (unpaired) electrons. The van der Waals surface area contributed by atoms with E-state index in [2.05, 4.69) is 10.6 Å². The summed E-state index contributed by atoms with van der Waals surface area (Å²) in [6.07, 6.45) is 3.57. The molecule has 0 unspecified atom stereocenters. The minimum atomic E-state index is 0.0686. The Balaban J connectivity index is 1.76. The molecule has 1 rings (SSSR count). The zero-order chi connectivity index (χ0) is 10.9. The van der Waals surface area contributed by atoms with E-state index in [0.29, 0.717) is 6.54 Å². The van der Waals surface area contributed by atoms with Gasteiger partial charge in [0.05, 0.1) is 6.54 Å². The zero-order valence-corrected chi connectivity index (χ0v) is 9.55. The summed E-state index contributed by atoms with van der Waals surface area (Å²) >= 11 is 0. The molecule has 0 saturated heterocycles. The third-order valence-electron chi connectivity index (χ3n) is 2.37. The van der Waals surface area contributed by atoms with Gasteiger partial charge in [-0.25, -0.2) is 0 Å². The Bertz CT molecular complexity index is 181. The topological polar surface area (TPSA) is 50.4 Å². The average Bonchev–Trinajstić information content (AvgIpc) is 3.04. The van der Waals surface area contributed by atoms with Crippen LogP contribution in [0.25, 0.3) is 0 Å². The van der Waals surface area contributed by atoms with Gasteiger partial charge in [-0.2, -0.15) is 0 Å². The van der Waals surface area contributed by atoms with Gasteiger partial charge in [-0.3, -0.25) is 4.79 Å². The van der Waals surface area contributed by atoms with Crippen molar-refractivity contribution in [2.75, 3.05) is 32.8 Å². The molecule has 1 aliphatic carbocycles. The van der Waals surface area contributed by atoms with Crippen LogP contribution in [0.2, 0.25) is 0 Å². The highest BCUT2D eigenvalue weighted by Crippen LogP contribution is 2.28. The van der Waals surface area contributed by atoms with Crippen molar-refractivity contribution >= 4 is 5.91 Å². The van der Waals surface area contributed by atoms with Crippen LogP contribution in [0.3, 0.4) is 0 Å². The van der Waals surface area contributed by atoms with Crippen LogP contribution in [0.4, 0.5) is 0 Å². The van der Waals surface area contributed by atoms with Crippen LogP contribution in [-0.2, 0) is 9.53 Å². The number of carbonyl (C=O) groups excluding carboxylic acids is 1. The largest absolute Gasteiger partial charge is 0.381 e. The number of rotatable bonds is 9. The van der Waals surface area contributed by atoms with Gasteiger partial charge in [-0.1, -0.05) is 6.92 Å². The summed E-state index contributed by atoms with van der Waals surface area (Å²) in [4.78, 5) is 11.1. The van der Waals surface area contributed by atoms with Gasteiger partial charge < -0.3 is 15.4 Å². The third kappa shape index (κ3) is 7.33. The van der Waals surface area contributed by atoms with Crippen LogP contribution in [0.5, 0.6) is 0 Å². The highest BCUT2D eigenvalue weighted by molar-refractivity contribution is 5.77. The van der Waals surface area contributed by atoms with Crippen molar-refractivity contribution < 1.29 is 9.53 Å². The quantitative estimate of drug-likeness (QED) is 0.550. The summed E-state index contributed by atoms with van der Waals surface area (Å²) in [5.41, 5.74) is 0. The standard InChI is InChI=1S/C11H22N2O2/c1-2-12-8-11(14)13-6-3-7-15-9-10-4-5-10/h10,12H,2-9H2,1H3,(H,13,14). The van der Waals surface area contributed by atoms with E-state index in [0.717, 1.165) is 38.6 Å². The molecule has 1 fully saturated rings. The lowest BCUT2D eigenvalue weighted by molar-refractivity contribution is -0.120. The van der Waals surface area contributed by atoms with Gasteiger partial charge >= 0.3 is 0 Å². The maximum atomic E-state index is 11.1. The monoisotopic (exact) mass is 214 g/mol. The summed E-state index contributed by atoms with van der Waals surface area (Å²) < 4.78 is 5.45. The Hall–Kier alpha value is -0.610. The minimum absolute atomic E-state index is 0.0686. The van der Waals surface area contributed by atoms with Crippen LogP contribution < -0.4 is 10.6 Å². The molecule has 88 valence electrons. The number of likely N-dealkylation sites (N-methyl/N-ethyl adjacent to an activating group) is 1. The molecule has 0 aromatic rings. The SMILES string of the molecule is CCNCC(=O)NCCCOCC1CC1. The lowest BCUT2D eigenvalue weighted by atomic mass is 10.4. The number of nitrogens with one attached hydrogen (secondary N) is 2. The Morgan fingerprint density at radius 1 is 1.47 bits per heavy atom. The summed E-state index contributed by atoms with van der Waals surface area (Å²) in [5, 5.41) is 5.82. The predicted octanol–water partition coefficient (Wildman–Crippen LogP) is 0.529. The number of carbonyl (C=O) groups is 1. The van der Waals surface area contributed by atoms with Gasteiger partial charge in [-0.05, 0) is 31.7 Å². The molecule has 0 heterocycles.